The van der Waals surface area contributed by atoms with E-state index in [0.717, 1.165) is 24.3 Å². The van der Waals surface area contributed by atoms with Gasteiger partial charge in [0.05, 0.1) is 40.1 Å². The third kappa shape index (κ3) is 4.98. The fraction of sp³-hybridized carbons (Fsp3) is 0.192. The van der Waals surface area contributed by atoms with Crippen LogP contribution in [0.15, 0.2) is 41.2 Å². The Kier molecular flexibility index (Phi) is 7.13. The van der Waals surface area contributed by atoms with Gasteiger partial charge in [-0.15, -0.1) is 10.2 Å². The van der Waals surface area contributed by atoms with Crippen molar-refractivity contribution in [2.75, 3.05) is 5.32 Å². The number of alkyl halides is 7. The molecule has 1 aliphatic heterocycles. The zero-order valence-electron chi connectivity index (χ0n) is 21.7. The standard InChI is InChI=1S/C26H13ClF9N7O2/c27-13-2-1-8(28)3-10(13)20-17-14(37-22-11-4-9(29)5-12(26(34,35)36)19(11)39-41-40-22)6-15-21(18(17)23(44)38-20)43(24(32)33)25(45)42(15)7-16(30)31/h1-6,16,20,24H,7H2,(H,38,44)(H,37,39,40)/t20-/m0/s1. The molecule has 0 saturated heterocycles. The van der Waals surface area contributed by atoms with E-state index in [1.807, 2.05) is 0 Å². The predicted molar refractivity (Wildman–Crippen MR) is 140 cm³/mol. The third-order valence-electron chi connectivity index (χ3n) is 7.04. The van der Waals surface area contributed by atoms with Crippen LogP contribution in [0.1, 0.15) is 39.6 Å². The van der Waals surface area contributed by atoms with Crippen molar-refractivity contribution in [3.63, 3.8) is 0 Å². The van der Waals surface area contributed by atoms with Gasteiger partial charge >= 0.3 is 18.4 Å². The largest absolute Gasteiger partial charge is 0.418 e. The summed E-state index contributed by atoms with van der Waals surface area (Å²) in [7, 11) is 0. The molecular formula is C26H13ClF9N7O2. The summed E-state index contributed by atoms with van der Waals surface area (Å²) in [6, 6.07) is 3.28. The topological polar surface area (TPSA) is 107 Å². The zero-order chi connectivity index (χ0) is 32.5. The van der Waals surface area contributed by atoms with Crippen LogP contribution in [0.3, 0.4) is 0 Å². The number of hydrogen-bond acceptors (Lipinski definition) is 6. The van der Waals surface area contributed by atoms with E-state index in [-0.39, 0.29) is 37.0 Å². The van der Waals surface area contributed by atoms with Crippen LogP contribution >= 0.6 is 11.6 Å². The number of nitrogens with one attached hydrogen (secondary N) is 2. The molecule has 0 fully saturated rings. The van der Waals surface area contributed by atoms with Crippen LogP contribution in [0.5, 0.6) is 0 Å². The van der Waals surface area contributed by atoms with Gasteiger partial charge in [-0.1, -0.05) is 11.6 Å². The Labute approximate surface area is 248 Å². The monoisotopic (exact) mass is 661 g/mol. The number of fused-ring (bicyclic) bond motifs is 4. The molecule has 2 aromatic heterocycles. The number of anilines is 2. The third-order valence-corrected chi connectivity index (χ3v) is 7.39. The first-order chi connectivity index (χ1) is 21.2. The van der Waals surface area contributed by atoms with Crippen molar-refractivity contribution in [2.24, 2.45) is 0 Å². The minimum atomic E-state index is -5.09. The molecule has 19 heteroatoms. The second kappa shape index (κ2) is 10.6. The van der Waals surface area contributed by atoms with Gasteiger partial charge < -0.3 is 10.6 Å². The van der Waals surface area contributed by atoms with Gasteiger partial charge in [-0.3, -0.25) is 9.36 Å². The lowest BCUT2D eigenvalue weighted by molar-refractivity contribution is -0.136. The lowest BCUT2D eigenvalue weighted by atomic mass is 9.95. The number of rotatable bonds is 6. The molecule has 1 amide bonds. The van der Waals surface area contributed by atoms with Crippen molar-refractivity contribution >= 4 is 50.9 Å². The first-order valence-electron chi connectivity index (χ1n) is 12.5. The fourth-order valence-electron chi connectivity index (χ4n) is 5.31. The lowest BCUT2D eigenvalue weighted by Crippen LogP contribution is -2.27. The number of benzene rings is 3. The number of amides is 1. The summed E-state index contributed by atoms with van der Waals surface area (Å²) in [5, 5.41) is 14.6. The van der Waals surface area contributed by atoms with Crippen LogP contribution in [0, 0.1) is 11.6 Å². The van der Waals surface area contributed by atoms with Gasteiger partial charge in [0.15, 0.2) is 5.82 Å². The maximum atomic E-state index is 14.4. The second-order valence-corrected chi connectivity index (χ2v) is 10.1. The normalized spacial score (nSPS) is 15.0. The van der Waals surface area contributed by atoms with Crippen molar-refractivity contribution in [2.45, 2.75) is 31.7 Å². The first-order valence-corrected chi connectivity index (χ1v) is 12.9. The fourth-order valence-corrected chi connectivity index (χ4v) is 5.54. The average molecular weight is 662 g/mol. The molecule has 3 heterocycles. The first kappa shape index (κ1) is 30.2. The van der Waals surface area contributed by atoms with Gasteiger partial charge in [-0.2, -0.15) is 22.0 Å². The van der Waals surface area contributed by atoms with E-state index < -0.39 is 93.9 Å². The number of nitrogens with zero attached hydrogens (tertiary/aromatic N) is 5. The molecule has 2 N–H and O–H groups in total. The summed E-state index contributed by atoms with van der Waals surface area (Å²) in [5.74, 6) is -3.88. The van der Waals surface area contributed by atoms with Crippen LogP contribution in [-0.2, 0) is 12.7 Å². The van der Waals surface area contributed by atoms with Crippen molar-refractivity contribution in [1.82, 2.24) is 29.9 Å². The van der Waals surface area contributed by atoms with E-state index in [2.05, 4.69) is 26.0 Å². The van der Waals surface area contributed by atoms with Gasteiger partial charge in [0.1, 0.15) is 17.2 Å². The highest BCUT2D eigenvalue weighted by Crippen LogP contribution is 2.45. The van der Waals surface area contributed by atoms with Gasteiger partial charge in [0.2, 0.25) is 0 Å². The Morgan fingerprint density at radius 3 is 2.40 bits per heavy atom. The van der Waals surface area contributed by atoms with E-state index in [0.29, 0.717) is 6.07 Å². The highest BCUT2D eigenvalue weighted by atomic mass is 35.5. The van der Waals surface area contributed by atoms with E-state index in [1.54, 1.807) is 0 Å². The number of halogens is 10. The minimum Gasteiger partial charge on any atom is -0.341 e. The Hall–Kier alpha value is -4.87. The van der Waals surface area contributed by atoms with E-state index in [4.69, 9.17) is 11.6 Å². The van der Waals surface area contributed by atoms with E-state index >= 15 is 0 Å². The molecule has 1 atom stereocenters. The SMILES string of the molecule is O=C1N[C@@H](c2cc(F)ccc2Cl)c2c(Nc3nnnc4c(C(F)(F)F)cc(F)cc34)cc3c(c21)n(C(F)F)c(=O)n3CC(F)F. The maximum Gasteiger partial charge on any atom is 0.418 e. The molecule has 5 aromatic rings. The van der Waals surface area contributed by atoms with Crippen LogP contribution < -0.4 is 16.3 Å². The maximum absolute atomic E-state index is 14.4. The Balaban J connectivity index is 1.70. The molecule has 0 saturated carbocycles. The summed E-state index contributed by atoms with van der Waals surface area (Å²) in [6.07, 6.45) is -8.32. The Morgan fingerprint density at radius 1 is 1.00 bits per heavy atom. The molecule has 0 radical (unpaired) electrons. The van der Waals surface area contributed by atoms with Crippen molar-refractivity contribution in [1.29, 1.82) is 0 Å². The molecule has 1 aliphatic rings. The summed E-state index contributed by atoms with van der Waals surface area (Å²) in [4.78, 5) is 26.3. The summed E-state index contributed by atoms with van der Waals surface area (Å²) in [6.45, 7) is -5.00. The Bertz CT molecular complexity index is 2100. The highest BCUT2D eigenvalue weighted by molar-refractivity contribution is 6.31. The number of imidazole rings is 1. The van der Waals surface area contributed by atoms with Gasteiger partial charge in [-0.05, 0) is 41.6 Å². The van der Waals surface area contributed by atoms with Crippen molar-refractivity contribution < 1.29 is 44.3 Å². The number of aromatic nitrogens is 5. The minimum absolute atomic E-state index is 0.111. The summed E-state index contributed by atoms with van der Waals surface area (Å²) in [5.41, 5.74) is -6.74. The van der Waals surface area contributed by atoms with E-state index in [1.165, 1.54) is 0 Å². The van der Waals surface area contributed by atoms with Crippen molar-refractivity contribution in [3.05, 3.63) is 85.8 Å². The molecular weight excluding hydrogens is 649 g/mol. The number of carbonyl (C=O) groups is 1. The smallest absolute Gasteiger partial charge is 0.341 e. The van der Waals surface area contributed by atoms with Gasteiger partial charge in [0, 0.05) is 21.8 Å². The van der Waals surface area contributed by atoms with Crippen LogP contribution in [0.2, 0.25) is 5.02 Å². The number of hydrogen-bond donors (Lipinski definition) is 2. The van der Waals surface area contributed by atoms with Gasteiger partial charge in [-0.25, -0.2) is 26.9 Å². The average Bonchev–Trinajstić information content (AvgIpc) is 3.43. The molecule has 0 unspecified atom stereocenters. The summed E-state index contributed by atoms with van der Waals surface area (Å²) >= 11 is 6.27. The van der Waals surface area contributed by atoms with Crippen LogP contribution in [-0.4, -0.2) is 36.9 Å². The molecule has 0 aliphatic carbocycles. The van der Waals surface area contributed by atoms with Crippen LogP contribution in [0.25, 0.3) is 21.9 Å². The van der Waals surface area contributed by atoms with E-state index in [9.17, 15) is 49.1 Å². The van der Waals surface area contributed by atoms with Crippen LogP contribution in [0.4, 0.5) is 51.0 Å². The number of carbonyl (C=O) groups excluding carboxylic acids is 1. The molecule has 3 aromatic carbocycles. The molecule has 45 heavy (non-hydrogen) atoms. The lowest BCUT2D eigenvalue weighted by Gasteiger charge is -2.19. The molecule has 9 nitrogen and oxygen atoms in total. The molecule has 234 valence electrons. The Morgan fingerprint density at radius 2 is 1.73 bits per heavy atom. The highest BCUT2D eigenvalue weighted by Gasteiger charge is 2.40. The second-order valence-electron chi connectivity index (χ2n) is 9.70. The quantitative estimate of drug-likeness (QED) is 0.206. The van der Waals surface area contributed by atoms with Crippen molar-refractivity contribution in [3.8, 4) is 0 Å². The van der Waals surface area contributed by atoms with Gasteiger partial charge in [0.25, 0.3) is 12.3 Å². The molecule has 0 spiro atoms. The molecule has 0 bridgehead atoms. The zero-order valence-corrected chi connectivity index (χ0v) is 22.5. The predicted octanol–water partition coefficient (Wildman–Crippen LogP) is 6.33. The summed E-state index contributed by atoms with van der Waals surface area (Å²) < 4.78 is 125. The molecule has 6 rings (SSSR count).